The Morgan fingerprint density at radius 2 is 2.47 bits per heavy atom. The molecule has 2 aliphatic heterocycles. The zero-order valence-corrected chi connectivity index (χ0v) is 8.23. The van der Waals surface area contributed by atoms with Crippen molar-refractivity contribution < 1.29 is 4.79 Å². The van der Waals surface area contributed by atoms with Crippen LogP contribution < -0.4 is 15.5 Å². The summed E-state index contributed by atoms with van der Waals surface area (Å²) in [5.41, 5.74) is 1.03. The monoisotopic (exact) mass is 204 g/mol. The van der Waals surface area contributed by atoms with Gasteiger partial charge in [-0.05, 0) is 12.1 Å². The first-order chi connectivity index (χ1) is 7.36. The molecule has 2 aliphatic rings. The van der Waals surface area contributed by atoms with Gasteiger partial charge in [0.1, 0.15) is 6.04 Å². The van der Waals surface area contributed by atoms with Gasteiger partial charge in [0.05, 0.1) is 5.69 Å². The lowest BCUT2D eigenvalue weighted by Gasteiger charge is -2.40. The molecule has 0 saturated carbocycles. The quantitative estimate of drug-likeness (QED) is 0.615. The minimum absolute atomic E-state index is 0.0356. The van der Waals surface area contributed by atoms with Gasteiger partial charge < -0.3 is 15.5 Å². The van der Waals surface area contributed by atoms with Gasteiger partial charge in [0.15, 0.2) is 5.82 Å². The molecule has 1 aromatic heterocycles. The third-order valence-electron chi connectivity index (χ3n) is 2.88. The minimum Gasteiger partial charge on any atom is -0.354 e. The van der Waals surface area contributed by atoms with Crippen molar-refractivity contribution in [3.63, 3.8) is 0 Å². The zero-order chi connectivity index (χ0) is 10.3. The van der Waals surface area contributed by atoms with Gasteiger partial charge in [-0.15, -0.1) is 0 Å². The van der Waals surface area contributed by atoms with Crippen LogP contribution in [-0.4, -0.2) is 36.6 Å². The smallest absolute Gasteiger partial charge is 0.249 e. The van der Waals surface area contributed by atoms with E-state index < -0.39 is 0 Å². The average molecular weight is 204 g/mol. The topological polar surface area (TPSA) is 57.3 Å². The predicted molar refractivity (Wildman–Crippen MR) is 56.9 cm³/mol. The highest BCUT2D eigenvalue weighted by atomic mass is 16.2. The molecule has 2 N–H and O–H groups in total. The van der Waals surface area contributed by atoms with Gasteiger partial charge in [-0.25, -0.2) is 4.98 Å². The Balaban J connectivity index is 2.06. The average Bonchev–Trinajstić information content (AvgIpc) is 2.30. The molecule has 0 bridgehead atoms. The van der Waals surface area contributed by atoms with E-state index in [2.05, 4.69) is 20.5 Å². The van der Waals surface area contributed by atoms with Crippen molar-refractivity contribution >= 4 is 17.4 Å². The maximum Gasteiger partial charge on any atom is 0.249 e. The van der Waals surface area contributed by atoms with Crippen molar-refractivity contribution in [2.45, 2.75) is 6.04 Å². The number of aromatic nitrogens is 1. The van der Waals surface area contributed by atoms with Gasteiger partial charge in [0, 0.05) is 25.8 Å². The normalized spacial score (nSPS) is 24.1. The van der Waals surface area contributed by atoms with Crippen molar-refractivity contribution in [2.75, 3.05) is 29.9 Å². The van der Waals surface area contributed by atoms with E-state index >= 15 is 0 Å². The number of hydrogen-bond donors (Lipinski definition) is 2. The largest absolute Gasteiger partial charge is 0.354 e. The van der Waals surface area contributed by atoms with Gasteiger partial charge in [-0.1, -0.05) is 0 Å². The van der Waals surface area contributed by atoms with Crippen LogP contribution in [0.3, 0.4) is 0 Å². The van der Waals surface area contributed by atoms with Crippen LogP contribution >= 0.6 is 0 Å². The molecule has 5 heteroatoms. The summed E-state index contributed by atoms with van der Waals surface area (Å²) in [5, 5.41) is 6.05. The third-order valence-corrected chi connectivity index (χ3v) is 2.88. The number of hydrogen-bond acceptors (Lipinski definition) is 4. The molecule has 3 rings (SSSR count). The first kappa shape index (κ1) is 8.67. The van der Waals surface area contributed by atoms with E-state index in [0.29, 0.717) is 12.4 Å². The van der Waals surface area contributed by atoms with Crippen molar-refractivity contribution in [3.05, 3.63) is 18.3 Å². The van der Waals surface area contributed by atoms with Crippen LogP contribution in [-0.2, 0) is 4.79 Å². The third kappa shape index (κ3) is 1.27. The fourth-order valence-corrected chi connectivity index (χ4v) is 2.15. The molecule has 15 heavy (non-hydrogen) atoms. The number of carbonyl (C=O) groups excluding carboxylic acids is 1. The molecule has 0 aromatic carbocycles. The number of nitrogens with zero attached hydrogens (tertiary/aromatic N) is 2. The van der Waals surface area contributed by atoms with Crippen LogP contribution in [0.1, 0.15) is 0 Å². The van der Waals surface area contributed by atoms with Crippen molar-refractivity contribution in [1.29, 1.82) is 0 Å². The highest BCUT2D eigenvalue weighted by Crippen LogP contribution is 2.29. The van der Waals surface area contributed by atoms with Crippen LogP contribution in [0.2, 0.25) is 0 Å². The number of rotatable bonds is 0. The standard InChI is InChI=1S/C10H12N4O/c15-10-8-6-11-4-5-14(8)7-2-1-3-12-9(7)13-10/h1-3,8,11H,4-6H2,(H,12,13,15). The highest BCUT2D eigenvalue weighted by Gasteiger charge is 2.34. The minimum atomic E-state index is -0.0875. The summed E-state index contributed by atoms with van der Waals surface area (Å²) in [7, 11) is 0. The summed E-state index contributed by atoms with van der Waals surface area (Å²) < 4.78 is 0. The van der Waals surface area contributed by atoms with Gasteiger partial charge in [-0.3, -0.25) is 4.79 Å². The molecule has 78 valence electrons. The van der Waals surface area contributed by atoms with E-state index in [1.165, 1.54) is 0 Å². The van der Waals surface area contributed by atoms with Crippen LogP contribution in [0.15, 0.2) is 18.3 Å². The van der Waals surface area contributed by atoms with E-state index in [9.17, 15) is 4.79 Å². The lowest BCUT2D eigenvalue weighted by molar-refractivity contribution is -0.117. The van der Waals surface area contributed by atoms with E-state index in [-0.39, 0.29) is 11.9 Å². The van der Waals surface area contributed by atoms with Gasteiger partial charge in [-0.2, -0.15) is 0 Å². The summed E-state index contributed by atoms with van der Waals surface area (Å²) in [6.45, 7) is 2.48. The molecule has 1 amide bonds. The molecular formula is C10H12N4O. The molecule has 1 aromatic rings. The maximum absolute atomic E-state index is 11.8. The summed E-state index contributed by atoms with van der Waals surface area (Å²) >= 11 is 0. The SMILES string of the molecule is O=C1Nc2ncccc2N2CCNCC12. The van der Waals surface area contributed by atoms with Crippen molar-refractivity contribution in [3.8, 4) is 0 Å². The maximum atomic E-state index is 11.8. The molecule has 5 nitrogen and oxygen atoms in total. The Bertz CT molecular complexity index is 406. The predicted octanol–water partition coefficient (Wildman–Crippen LogP) is -0.188. The zero-order valence-electron chi connectivity index (χ0n) is 8.23. The Morgan fingerprint density at radius 3 is 3.40 bits per heavy atom. The number of fused-ring (bicyclic) bond motifs is 3. The van der Waals surface area contributed by atoms with Crippen LogP contribution in [0.25, 0.3) is 0 Å². The van der Waals surface area contributed by atoms with Gasteiger partial charge >= 0.3 is 0 Å². The molecule has 1 saturated heterocycles. The molecule has 1 unspecified atom stereocenters. The van der Waals surface area contributed by atoms with E-state index in [4.69, 9.17) is 0 Å². The summed E-state index contributed by atoms with van der Waals surface area (Å²) in [6, 6.07) is 3.81. The lowest BCUT2D eigenvalue weighted by atomic mass is 10.1. The first-order valence-corrected chi connectivity index (χ1v) is 5.09. The fraction of sp³-hybridized carbons (Fsp3) is 0.400. The number of amides is 1. The molecule has 0 aliphatic carbocycles. The number of piperazine rings is 1. The van der Waals surface area contributed by atoms with Gasteiger partial charge in [0.25, 0.3) is 0 Å². The van der Waals surface area contributed by atoms with E-state index in [0.717, 1.165) is 18.8 Å². The Hall–Kier alpha value is -1.62. The number of carbonyl (C=O) groups is 1. The number of anilines is 2. The van der Waals surface area contributed by atoms with Crippen LogP contribution in [0.5, 0.6) is 0 Å². The summed E-state index contributed by atoms with van der Waals surface area (Å²) in [6.07, 6.45) is 1.70. The molecule has 0 spiro atoms. The Labute approximate surface area is 87.5 Å². The van der Waals surface area contributed by atoms with E-state index in [1.807, 2.05) is 12.1 Å². The molecule has 1 fully saturated rings. The molecular weight excluding hydrogens is 192 g/mol. The Kier molecular flexibility index (Phi) is 1.85. The first-order valence-electron chi connectivity index (χ1n) is 5.09. The lowest BCUT2D eigenvalue weighted by Crippen LogP contribution is -2.59. The summed E-state index contributed by atoms with van der Waals surface area (Å²) in [5.74, 6) is 0.717. The summed E-state index contributed by atoms with van der Waals surface area (Å²) in [4.78, 5) is 18.0. The molecule has 3 heterocycles. The number of nitrogens with one attached hydrogen (secondary N) is 2. The Morgan fingerprint density at radius 1 is 1.53 bits per heavy atom. The fourth-order valence-electron chi connectivity index (χ4n) is 2.15. The van der Waals surface area contributed by atoms with Crippen LogP contribution in [0.4, 0.5) is 11.5 Å². The van der Waals surface area contributed by atoms with Crippen molar-refractivity contribution in [2.24, 2.45) is 0 Å². The van der Waals surface area contributed by atoms with Crippen molar-refractivity contribution in [1.82, 2.24) is 10.3 Å². The second-order valence-corrected chi connectivity index (χ2v) is 3.77. The molecule has 1 atom stereocenters. The number of pyridine rings is 1. The van der Waals surface area contributed by atoms with Crippen LogP contribution in [0, 0.1) is 0 Å². The highest BCUT2D eigenvalue weighted by molar-refractivity contribution is 6.02. The molecule has 0 radical (unpaired) electrons. The second kappa shape index (κ2) is 3.20. The van der Waals surface area contributed by atoms with Gasteiger partial charge in [0.2, 0.25) is 5.91 Å². The van der Waals surface area contributed by atoms with E-state index in [1.54, 1.807) is 6.20 Å². The second-order valence-electron chi connectivity index (χ2n) is 3.77.